The first-order valence-electron chi connectivity index (χ1n) is 18.5. The first kappa shape index (κ1) is 52.1. The molecule has 331 valence electrons. The molecule has 5 unspecified atom stereocenters. The number of fused-ring (bicyclic) bond motifs is 2. The van der Waals surface area contributed by atoms with Gasteiger partial charge in [-0.2, -0.15) is 0 Å². The number of hydrogen-bond donors (Lipinski definition) is 11. The number of carboxylic acids is 2. The van der Waals surface area contributed by atoms with Crippen LogP contribution >= 0.6 is 0 Å². The van der Waals surface area contributed by atoms with E-state index in [1.807, 2.05) is 4.90 Å². The molecule has 2 bridgehead atoms. The quantitative estimate of drug-likeness (QED) is 0.0286. The van der Waals surface area contributed by atoms with E-state index in [1.54, 1.807) is 28.0 Å². The van der Waals surface area contributed by atoms with Gasteiger partial charge in [0.15, 0.2) is 0 Å². The first-order valence-corrected chi connectivity index (χ1v) is 18.5. The van der Waals surface area contributed by atoms with Crippen molar-refractivity contribution in [2.24, 2.45) is 0 Å². The SMILES string of the molecule is O=C(NCCCN1CCN(C(CCNC(=O)OCC(O)CO)C(=O)O)Cc2cccc(n2)CN(C(CCNC(=O)OCC(O)CO)C(=O)O)CC1)OCC(O)CO.[Mn]. The fourth-order valence-corrected chi connectivity index (χ4v) is 5.55. The smallest absolute Gasteiger partial charge is 0.407 e. The van der Waals surface area contributed by atoms with E-state index in [2.05, 4.69) is 16.0 Å². The maximum absolute atomic E-state index is 12.6. The maximum atomic E-state index is 12.6. The van der Waals surface area contributed by atoms with Crippen LogP contribution < -0.4 is 16.0 Å². The van der Waals surface area contributed by atoms with Crippen LogP contribution in [0.3, 0.4) is 0 Å². The second-order valence-electron chi connectivity index (χ2n) is 13.1. The van der Waals surface area contributed by atoms with E-state index in [4.69, 9.17) is 34.5 Å². The van der Waals surface area contributed by atoms with Gasteiger partial charge in [0.25, 0.3) is 0 Å². The number of aromatic nitrogens is 1. The van der Waals surface area contributed by atoms with E-state index >= 15 is 0 Å². The van der Waals surface area contributed by atoms with Gasteiger partial charge in [0, 0.05) is 76.0 Å². The molecule has 3 amide bonds. The Kier molecular flexibility index (Phi) is 26.3. The van der Waals surface area contributed by atoms with Crippen molar-refractivity contribution in [1.82, 2.24) is 35.6 Å². The topological polar surface area (TPSA) is 334 Å². The van der Waals surface area contributed by atoms with Crippen molar-refractivity contribution in [3.05, 3.63) is 29.6 Å². The molecule has 5 atom stereocenters. The Balaban J connectivity index is 0.0000168. The van der Waals surface area contributed by atoms with Crippen LogP contribution in [0.4, 0.5) is 14.4 Å². The van der Waals surface area contributed by atoms with E-state index in [0.717, 1.165) is 0 Å². The average molecular weight is 875 g/mol. The summed E-state index contributed by atoms with van der Waals surface area (Å²) >= 11 is 0. The van der Waals surface area contributed by atoms with Crippen LogP contribution in [-0.4, -0.2) is 213 Å². The van der Waals surface area contributed by atoms with Crippen LogP contribution in [0.1, 0.15) is 30.7 Å². The zero-order chi connectivity index (χ0) is 42.2. The van der Waals surface area contributed by atoms with Crippen molar-refractivity contribution in [2.75, 3.05) is 92.0 Å². The molecule has 0 fully saturated rings. The van der Waals surface area contributed by atoms with E-state index < -0.39 is 100 Å². The number of aliphatic hydroxyl groups is 6. The van der Waals surface area contributed by atoms with Gasteiger partial charge in [-0.1, -0.05) is 6.07 Å². The van der Waals surface area contributed by atoms with Crippen molar-refractivity contribution < 1.29 is 96.1 Å². The predicted octanol–water partition coefficient (Wildman–Crippen LogP) is -3.69. The average Bonchev–Trinajstić information content (AvgIpc) is 3.19. The van der Waals surface area contributed by atoms with Crippen LogP contribution in [0.2, 0.25) is 0 Å². The van der Waals surface area contributed by atoms with Gasteiger partial charge < -0.3 is 75.9 Å². The minimum absolute atomic E-state index is 0. The molecule has 11 N–H and O–H groups in total. The molecule has 24 heteroatoms. The molecule has 1 aliphatic heterocycles. The van der Waals surface area contributed by atoms with Crippen LogP contribution in [-0.2, 0) is 54.0 Å². The third kappa shape index (κ3) is 21.2. The van der Waals surface area contributed by atoms with Gasteiger partial charge in [0.05, 0.1) is 31.2 Å². The number of carboxylic acid groups (broad SMARTS) is 2. The van der Waals surface area contributed by atoms with Gasteiger partial charge in [-0.15, -0.1) is 0 Å². The Hall–Kier alpha value is -3.94. The molecule has 0 aliphatic carbocycles. The van der Waals surface area contributed by atoms with E-state index in [1.165, 1.54) is 0 Å². The van der Waals surface area contributed by atoms with Gasteiger partial charge in [-0.3, -0.25) is 24.4 Å². The predicted molar refractivity (Wildman–Crippen MR) is 196 cm³/mol. The van der Waals surface area contributed by atoms with E-state index in [0.29, 0.717) is 24.4 Å². The number of aliphatic hydroxyl groups excluding tert-OH is 6. The second kappa shape index (κ2) is 29.3. The summed E-state index contributed by atoms with van der Waals surface area (Å²) in [5, 5.41) is 83.1. The molecule has 2 heterocycles. The Morgan fingerprint density at radius 1 is 0.638 bits per heavy atom. The number of hydrogen-bond acceptors (Lipinski definition) is 18. The third-order valence-corrected chi connectivity index (χ3v) is 8.60. The van der Waals surface area contributed by atoms with Crippen molar-refractivity contribution in [1.29, 1.82) is 0 Å². The van der Waals surface area contributed by atoms with Gasteiger partial charge in [0.1, 0.15) is 50.2 Å². The van der Waals surface area contributed by atoms with Crippen molar-refractivity contribution in [3.8, 4) is 0 Å². The molecule has 58 heavy (non-hydrogen) atoms. The number of ether oxygens (including phenoxy) is 3. The largest absolute Gasteiger partial charge is 0.480 e. The minimum Gasteiger partial charge on any atom is -0.480 e. The molecule has 0 saturated heterocycles. The molecule has 0 saturated carbocycles. The Labute approximate surface area is 345 Å². The van der Waals surface area contributed by atoms with Gasteiger partial charge in [0.2, 0.25) is 0 Å². The number of carbonyl (C=O) groups excluding carboxylic acids is 3. The third-order valence-electron chi connectivity index (χ3n) is 8.60. The number of rotatable bonds is 23. The second-order valence-corrected chi connectivity index (χ2v) is 13.1. The number of nitrogens with zero attached hydrogens (tertiary/aromatic N) is 4. The molecule has 0 spiro atoms. The monoisotopic (exact) mass is 874 g/mol. The number of amides is 3. The maximum Gasteiger partial charge on any atom is 0.407 e. The summed E-state index contributed by atoms with van der Waals surface area (Å²) in [6, 6.07) is 2.92. The number of nitrogens with one attached hydrogen (secondary N) is 3. The minimum atomic E-state index is -1.26. The van der Waals surface area contributed by atoms with Gasteiger partial charge >= 0.3 is 30.2 Å². The number of carbonyl (C=O) groups is 5. The number of aliphatic carboxylic acids is 2. The first-order chi connectivity index (χ1) is 27.3. The van der Waals surface area contributed by atoms with Gasteiger partial charge in [-0.05, 0) is 37.9 Å². The number of pyridine rings is 1. The summed E-state index contributed by atoms with van der Waals surface area (Å²) in [7, 11) is 0. The van der Waals surface area contributed by atoms with Crippen molar-refractivity contribution >= 4 is 30.2 Å². The summed E-state index contributed by atoms with van der Waals surface area (Å²) in [5.74, 6) is -2.33. The molecular formula is C34H57MnN7O16. The van der Waals surface area contributed by atoms with Crippen LogP contribution in [0.15, 0.2) is 18.2 Å². The summed E-state index contributed by atoms with van der Waals surface area (Å²) in [6.45, 7) is -1.72. The van der Waals surface area contributed by atoms with Gasteiger partial charge in [-0.25, -0.2) is 14.4 Å². The fourth-order valence-electron chi connectivity index (χ4n) is 5.55. The molecule has 1 aromatic heterocycles. The Bertz CT molecular complexity index is 1310. The summed E-state index contributed by atoms with van der Waals surface area (Å²) in [5.41, 5.74) is 0.984. The van der Waals surface area contributed by atoms with Crippen LogP contribution in [0.25, 0.3) is 0 Å². The molecule has 1 aromatic rings. The zero-order valence-electron chi connectivity index (χ0n) is 32.1. The molecule has 2 rings (SSSR count). The Morgan fingerprint density at radius 3 is 1.38 bits per heavy atom. The zero-order valence-corrected chi connectivity index (χ0v) is 33.2. The van der Waals surface area contributed by atoms with Crippen molar-refractivity contribution in [2.45, 2.75) is 62.7 Å². The summed E-state index contributed by atoms with van der Waals surface area (Å²) in [6.07, 6.45) is -6.06. The van der Waals surface area contributed by atoms with Crippen LogP contribution in [0, 0.1) is 0 Å². The fraction of sp³-hybridized carbons (Fsp3) is 0.706. The van der Waals surface area contributed by atoms with Crippen LogP contribution in [0.5, 0.6) is 0 Å². The number of alkyl carbamates (subject to hydrolysis) is 3. The molecule has 1 radical (unpaired) electrons. The molecule has 23 nitrogen and oxygen atoms in total. The molecule has 1 aliphatic rings. The summed E-state index contributed by atoms with van der Waals surface area (Å²) in [4.78, 5) is 71.5. The van der Waals surface area contributed by atoms with E-state index in [-0.39, 0.29) is 88.8 Å². The Morgan fingerprint density at radius 2 is 1.02 bits per heavy atom. The van der Waals surface area contributed by atoms with Crippen molar-refractivity contribution in [3.63, 3.8) is 0 Å². The normalized spacial score (nSPS) is 16.7. The molecular weight excluding hydrogens is 817 g/mol. The van der Waals surface area contributed by atoms with E-state index in [9.17, 15) is 49.5 Å². The summed E-state index contributed by atoms with van der Waals surface area (Å²) < 4.78 is 14.5. The standard InChI is InChI=1S/C34H57N7O16.Mn/c42-17-25(45)20-55-32(52)35-7-2-10-39-11-13-40(28(30(48)49)5-8-36-33(53)56-21-26(46)18-43)15-23-3-1-4-24(38-23)16-41(14-12-39)29(31(50)51)6-9-37-34(54)57-22-27(47)19-44;/h1,3-4,25-29,42-47H,2,5-22H2,(H,35,52)(H,36,53)(H,37,54)(H,48,49)(H,50,51);. The molecule has 0 aromatic carbocycles.